The van der Waals surface area contributed by atoms with Crippen molar-refractivity contribution in [2.75, 3.05) is 19.5 Å². The van der Waals surface area contributed by atoms with Crippen molar-refractivity contribution < 1.29 is 19.4 Å². The van der Waals surface area contributed by atoms with E-state index in [4.69, 9.17) is 11.6 Å². The molecule has 1 aromatic heterocycles. The van der Waals surface area contributed by atoms with Crippen molar-refractivity contribution in [2.45, 2.75) is 17.9 Å². The highest BCUT2D eigenvalue weighted by Crippen LogP contribution is 2.28. The summed E-state index contributed by atoms with van der Waals surface area (Å²) in [6, 6.07) is 12.4. The summed E-state index contributed by atoms with van der Waals surface area (Å²) in [5, 5.41) is 14.1. The molecular weight excluding hydrogens is 424 g/mol. The molecule has 0 aliphatic heterocycles. The number of aliphatic hydroxyl groups excluding tert-OH is 1. The molecule has 0 aliphatic rings. The minimum Gasteiger partial charge on any atom is -0.468 e. The summed E-state index contributed by atoms with van der Waals surface area (Å²) in [6.45, 7) is 1.71. The van der Waals surface area contributed by atoms with Crippen molar-refractivity contribution in [1.82, 2.24) is 9.88 Å². The predicted molar refractivity (Wildman–Crippen MR) is 119 cm³/mol. The summed E-state index contributed by atoms with van der Waals surface area (Å²) >= 11 is 7.69. The Bertz CT molecular complexity index is 1080. The van der Waals surface area contributed by atoms with Crippen LogP contribution in [0.1, 0.15) is 27.7 Å². The molecule has 2 aromatic carbocycles. The standard InChI is InChI=1S/C22H23ClN2O4S/c1-13-8-17(23)16-10-20(25(2)19(16)9-13)22(28)24-18(11-26)14-4-6-15(7-5-14)30-12-21(27)29-3/h4-10,18,26H,11-12H2,1-3H3,(H,24,28)/t18-/m1/s1. The molecule has 8 heteroatoms. The van der Waals surface area contributed by atoms with Crippen LogP contribution < -0.4 is 5.32 Å². The molecule has 3 rings (SSSR count). The molecule has 1 atom stereocenters. The lowest BCUT2D eigenvalue weighted by molar-refractivity contribution is -0.137. The van der Waals surface area contributed by atoms with Crippen molar-refractivity contribution in [3.8, 4) is 0 Å². The predicted octanol–water partition coefficient (Wildman–Crippen LogP) is 3.87. The molecule has 0 saturated heterocycles. The first kappa shape index (κ1) is 22.2. The third-order valence-corrected chi connectivity index (χ3v) is 6.14. The van der Waals surface area contributed by atoms with Gasteiger partial charge in [-0.2, -0.15) is 0 Å². The third kappa shape index (κ3) is 4.80. The Morgan fingerprint density at radius 3 is 2.57 bits per heavy atom. The smallest absolute Gasteiger partial charge is 0.315 e. The van der Waals surface area contributed by atoms with Crippen LogP contribution in [-0.4, -0.2) is 41.0 Å². The molecule has 1 heterocycles. The van der Waals surface area contributed by atoms with Crippen molar-refractivity contribution in [2.24, 2.45) is 7.05 Å². The van der Waals surface area contributed by atoms with E-state index in [1.54, 1.807) is 10.6 Å². The third-order valence-electron chi connectivity index (χ3n) is 4.84. The Hall–Kier alpha value is -2.48. The molecule has 3 aromatic rings. The number of hydrogen-bond donors (Lipinski definition) is 2. The number of nitrogens with one attached hydrogen (secondary N) is 1. The molecule has 0 fully saturated rings. The highest BCUT2D eigenvalue weighted by molar-refractivity contribution is 8.00. The summed E-state index contributed by atoms with van der Waals surface area (Å²) in [4.78, 5) is 25.1. The van der Waals surface area contributed by atoms with Gasteiger partial charge in [0.2, 0.25) is 0 Å². The molecule has 0 bridgehead atoms. The number of methoxy groups -OCH3 is 1. The second-order valence-corrected chi connectivity index (χ2v) is 8.37. The number of rotatable bonds is 7. The van der Waals surface area contributed by atoms with Crippen LogP contribution in [0.4, 0.5) is 0 Å². The molecule has 6 nitrogen and oxygen atoms in total. The van der Waals surface area contributed by atoms with Gasteiger partial charge in [0.05, 0.1) is 36.1 Å². The Balaban J connectivity index is 1.76. The zero-order valence-electron chi connectivity index (χ0n) is 16.9. The number of halogens is 1. The molecule has 0 unspecified atom stereocenters. The Labute approximate surface area is 184 Å². The number of amides is 1. The Morgan fingerprint density at radius 1 is 1.23 bits per heavy atom. The highest BCUT2D eigenvalue weighted by atomic mass is 35.5. The van der Waals surface area contributed by atoms with E-state index < -0.39 is 6.04 Å². The lowest BCUT2D eigenvalue weighted by Gasteiger charge is -2.17. The summed E-state index contributed by atoms with van der Waals surface area (Å²) < 4.78 is 6.43. The van der Waals surface area contributed by atoms with E-state index in [9.17, 15) is 14.7 Å². The van der Waals surface area contributed by atoms with E-state index in [0.29, 0.717) is 10.7 Å². The molecule has 158 valence electrons. The monoisotopic (exact) mass is 446 g/mol. The van der Waals surface area contributed by atoms with Gasteiger partial charge in [0, 0.05) is 17.3 Å². The van der Waals surface area contributed by atoms with Crippen LogP contribution in [0.3, 0.4) is 0 Å². The molecule has 1 amide bonds. The fourth-order valence-electron chi connectivity index (χ4n) is 3.20. The maximum Gasteiger partial charge on any atom is 0.315 e. The second kappa shape index (κ2) is 9.55. The number of aliphatic hydroxyl groups is 1. The number of carbonyl (C=O) groups is 2. The van der Waals surface area contributed by atoms with E-state index in [2.05, 4.69) is 10.1 Å². The number of fused-ring (bicyclic) bond motifs is 1. The van der Waals surface area contributed by atoms with Crippen molar-refractivity contribution in [3.05, 3.63) is 64.3 Å². The van der Waals surface area contributed by atoms with Gasteiger partial charge in [-0.1, -0.05) is 23.7 Å². The summed E-state index contributed by atoms with van der Waals surface area (Å²) in [5.41, 5.74) is 3.11. The van der Waals surface area contributed by atoms with Crippen molar-refractivity contribution in [3.63, 3.8) is 0 Å². The summed E-state index contributed by atoms with van der Waals surface area (Å²) in [6.07, 6.45) is 0. The van der Waals surface area contributed by atoms with Gasteiger partial charge in [-0.3, -0.25) is 9.59 Å². The maximum atomic E-state index is 12.9. The van der Waals surface area contributed by atoms with Gasteiger partial charge in [0.1, 0.15) is 5.69 Å². The molecule has 0 aliphatic carbocycles. The zero-order valence-corrected chi connectivity index (χ0v) is 18.5. The minimum atomic E-state index is -0.563. The van der Waals surface area contributed by atoms with E-state index in [-0.39, 0.29) is 24.2 Å². The number of benzene rings is 2. The maximum absolute atomic E-state index is 12.9. The summed E-state index contributed by atoms with van der Waals surface area (Å²) in [7, 11) is 3.17. The van der Waals surface area contributed by atoms with E-state index in [1.165, 1.54) is 18.9 Å². The number of carbonyl (C=O) groups excluding carboxylic acids is 2. The lowest BCUT2D eigenvalue weighted by Crippen LogP contribution is -2.31. The number of thioether (sulfide) groups is 1. The number of aromatic nitrogens is 1. The molecule has 2 N–H and O–H groups in total. The normalized spacial score (nSPS) is 12.0. The number of aryl methyl sites for hydroxylation is 2. The van der Waals surface area contributed by atoms with Crippen LogP contribution in [0.15, 0.2) is 47.4 Å². The average molecular weight is 447 g/mol. The van der Waals surface area contributed by atoms with Gasteiger partial charge in [0.25, 0.3) is 5.91 Å². The molecule has 0 radical (unpaired) electrons. The quantitative estimate of drug-likeness (QED) is 0.425. The first-order valence-electron chi connectivity index (χ1n) is 9.31. The zero-order chi connectivity index (χ0) is 21.8. The largest absolute Gasteiger partial charge is 0.468 e. The first-order chi connectivity index (χ1) is 14.3. The fourth-order valence-corrected chi connectivity index (χ4v) is 4.26. The number of ether oxygens (including phenoxy) is 1. The topological polar surface area (TPSA) is 80.6 Å². The van der Waals surface area contributed by atoms with E-state index >= 15 is 0 Å². The van der Waals surface area contributed by atoms with Gasteiger partial charge < -0.3 is 19.7 Å². The highest BCUT2D eigenvalue weighted by Gasteiger charge is 2.19. The minimum absolute atomic E-state index is 0.221. The SMILES string of the molecule is COC(=O)CSc1ccc([C@@H](CO)NC(=O)c2cc3c(Cl)cc(C)cc3n2C)cc1. The number of nitrogens with zero attached hydrogens (tertiary/aromatic N) is 1. The molecule has 0 spiro atoms. The summed E-state index contributed by atoms with van der Waals surface area (Å²) in [5.74, 6) is -0.375. The van der Waals surface area contributed by atoms with Crippen LogP contribution >= 0.6 is 23.4 Å². The van der Waals surface area contributed by atoms with Gasteiger partial charge in [-0.15, -0.1) is 11.8 Å². The van der Waals surface area contributed by atoms with Crippen LogP contribution in [0, 0.1) is 6.92 Å². The lowest BCUT2D eigenvalue weighted by atomic mass is 10.1. The van der Waals surface area contributed by atoms with Crippen LogP contribution in [0.25, 0.3) is 10.9 Å². The first-order valence-corrected chi connectivity index (χ1v) is 10.7. The molecular formula is C22H23ClN2O4S. The van der Waals surface area contributed by atoms with Gasteiger partial charge in [0.15, 0.2) is 0 Å². The van der Waals surface area contributed by atoms with Crippen LogP contribution in [-0.2, 0) is 16.6 Å². The van der Waals surface area contributed by atoms with Crippen LogP contribution in [0.5, 0.6) is 0 Å². The van der Waals surface area contributed by atoms with E-state index in [1.807, 2.05) is 50.4 Å². The number of esters is 1. The Kier molecular flexibility index (Phi) is 7.07. The number of hydrogen-bond acceptors (Lipinski definition) is 5. The van der Waals surface area contributed by atoms with Gasteiger partial charge >= 0.3 is 5.97 Å². The Morgan fingerprint density at radius 2 is 1.93 bits per heavy atom. The van der Waals surface area contributed by atoms with Gasteiger partial charge in [-0.25, -0.2) is 0 Å². The fraction of sp³-hybridized carbons (Fsp3) is 0.273. The van der Waals surface area contributed by atoms with Crippen molar-refractivity contribution in [1.29, 1.82) is 0 Å². The second-order valence-electron chi connectivity index (χ2n) is 6.91. The van der Waals surface area contributed by atoms with Gasteiger partial charge in [-0.05, 0) is 48.4 Å². The average Bonchev–Trinajstić information content (AvgIpc) is 3.07. The van der Waals surface area contributed by atoms with Crippen molar-refractivity contribution >= 4 is 46.1 Å². The molecule has 30 heavy (non-hydrogen) atoms. The van der Waals surface area contributed by atoms with E-state index in [0.717, 1.165) is 26.9 Å². The van der Waals surface area contributed by atoms with Crippen LogP contribution in [0.2, 0.25) is 5.02 Å². The molecule has 0 saturated carbocycles.